The maximum absolute atomic E-state index is 12.9. The molecule has 0 fully saturated rings. The molecule has 0 amide bonds. The molecule has 1 atom stereocenters. The van der Waals surface area contributed by atoms with Crippen LogP contribution in [0.5, 0.6) is 5.75 Å². The highest BCUT2D eigenvalue weighted by molar-refractivity contribution is 6.30. The van der Waals surface area contributed by atoms with Gasteiger partial charge < -0.3 is 9.15 Å². The maximum atomic E-state index is 12.9. The first-order valence-electron chi connectivity index (χ1n) is 8.21. The second-order valence-corrected chi connectivity index (χ2v) is 6.35. The van der Waals surface area contributed by atoms with E-state index in [1.54, 1.807) is 24.3 Å². The topological polar surface area (TPSA) is 51.4 Å². The summed E-state index contributed by atoms with van der Waals surface area (Å²) in [5, 5.41) is 8.85. The van der Waals surface area contributed by atoms with Gasteiger partial charge in [-0.25, -0.2) is 4.39 Å². The van der Waals surface area contributed by atoms with E-state index in [1.165, 1.54) is 12.1 Å². The quantitative estimate of drug-likeness (QED) is 0.604. The lowest BCUT2D eigenvalue weighted by Gasteiger charge is -2.21. The summed E-state index contributed by atoms with van der Waals surface area (Å²) in [6.07, 6.45) is 0. The first-order valence-corrected chi connectivity index (χ1v) is 8.58. The van der Waals surface area contributed by atoms with Crippen molar-refractivity contribution in [3.05, 3.63) is 65.3 Å². The lowest BCUT2D eigenvalue weighted by molar-refractivity contribution is 0.182. The molecule has 26 heavy (non-hydrogen) atoms. The van der Waals surface area contributed by atoms with E-state index in [1.807, 2.05) is 31.0 Å². The van der Waals surface area contributed by atoms with E-state index < -0.39 is 0 Å². The lowest BCUT2D eigenvalue weighted by Crippen LogP contribution is -2.27. The second kappa shape index (κ2) is 8.29. The van der Waals surface area contributed by atoms with E-state index in [4.69, 9.17) is 20.8 Å². The molecule has 0 N–H and O–H groups in total. The van der Waals surface area contributed by atoms with Crippen LogP contribution in [0, 0.1) is 5.82 Å². The second-order valence-electron chi connectivity index (χ2n) is 5.91. The SMILES string of the molecule is CC(c1nnc(-c2cccc(Cl)c2)o1)N(C)CCOc1ccc(F)cc1. The van der Waals surface area contributed by atoms with Crippen molar-refractivity contribution in [2.75, 3.05) is 20.2 Å². The highest BCUT2D eigenvalue weighted by atomic mass is 35.5. The highest BCUT2D eigenvalue weighted by Gasteiger charge is 2.19. The van der Waals surface area contributed by atoms with E-state index in [2.05, 4.69) is 10.2 Å². The summed E-state index contributed by atoms with van der Waals surface area (Å²) in [7, 11) is 1.95. The molecule has 0 radical (unpaired) electrons. The van der Waals surface area contributed by atoms with Crippen molar-refractivity contribution in [1.29, 1.82) is 0 Å². The van der Waals surface area contributed by atoms with E-state index in [0.717, 1.165) is 5.56 Å². The van der Waals surface area contributed by atoms with Crippen LogP contribution in [0.4, 0.5) is 4.39 Å². The van der Waals surface area contributed by atoms with Gasteiger partial charge in [-0.15, -0.1) is 10.2 Å². The molecule has 3 rings (SSSR count). The van der Waals surface area contributed by atoms with Gasteiger partial charge >= 0.3 is 0 Å². The number of rotatable bonds is 7. The van der Waals surface area contributed by atoms with Crippen molar-refractivity contribution in [3.63, 3.8) is 0 Å². The van der Waals surface area contributed by atoms with Crippen LogP contribution in [0.2, 0.25) is 5.02 Å². The molecule has 1 aromatic heterocycles. The molecule has 1 unspecified atom stereocenters. The zero-order valence-corrected chi connectivity index (χ0v) is 15.3. The largest absolute Gasteiger partial charge is 0.492 e. The number of likely N-dealkylation sites (N-methyl/N-ethyl adjacent to an activating group) is 1. The minimum absolute atomic E-state index is 0.0766. The van der Waals surface area contributed by atoms with Gasteiger partial charge in [-0.05, 0) is 56.4 Å². The van der Waals surface area contributed by atoms with Crippen LogP contribution in [-0.4, -0.2) is 35.3 Å². The number of nitrogens with zero attached hydrogens (tertiary/aromatic N) is 3. The fourth-order valence-corrected chi connectivity index (χ4v) is 2.55. The number of benzene rings is 2. The number of ether oxygens (including phenoxy) is 1. The summed E-state index contributed by atoms with van der Waals surface area (Å²) < 4.78 is 24.3. The van der Waals surface area contributed by atoms with Gasteiger partial charge in [0.2, 0.25) is 11.8 Å². The Bertz CT molecular complexity index is 854. The van der Waals surface area contributed by atoms with Crippen molar-refractivity contribution >= 4 is 11.6 Å². The summed E-state index contributed by atoms with van der Waals surface area (Å²) in [4.78, 5) is 2.04. The Morgan fingerprint density at radius 2 is 1.96 bits per heavy atom. The molecule has 1 heterocycles. The van der Waals surface area contributed by atoms with Gasteiger partial charge in [0.25, 0.3) is 0 Å². The monoisotopic (exact) mass is 375 g/mol. The molecule has 7 heteroatoms. The third-order valence-corrected chi connectivity index (χ3v) is 4.29. The van der Waals surface area contributed by atoms with Gasteiger partial charge in [-0.2, -0.15) is 0 Å². The van der Waals surface area contributed by atoms with Crippen molar-refractivity contribution < 1.29 is 13.5 Å². The van der Waals surface area contributed by atoms with Gasteiger partial charge in [0.05, 0.1) is 6.04 Å². The van der Waals surface area contributed by atoms with Crippen molar-refractivity contribution in [2.45, 2.75) is 13.0 Å². The molecule has 0 saturated heterocycles. The maximum Gasteiger partial charge on any atom is 0.247 e. The summed E-state index contributed by atoms with van der Waals surface area (Å²) in [5.41, 5.74) is 0.783. The van der Waals surface area contributed by atoms with E-state index in [-0.39, 0.29) is 11.9 Å². The molecule has 0 aliphatic heterocycles. The van der Waals surface area contributed by atoms with Gasteiger partial charge in [-0.3, -0.25) is 4.90 Å². The summed E-state index contributed by atoms with van der Waals surface area (Å²) in [6, 6.07) is 13.2. The molecule has 0 aliphatic carbocycles. The number of hydrogen-bond donors (Lipinski definition) is 0. The van der Waals surface area contributed by atoms with Crippen LogP contribution in [0.1, 0.15) is 18.9 Å². The van der Waals surface area contributed by atoms with Crippen LogP contribution in [0.25, 0.3) is 11.5 Å². The Labute approximate surface area is 156 Å². The van der Waals surface area contributed by atoms with Crippen LogP contribution in [-0.2, 0) is 0 Å². The average molecular weight is 376 g/mol. The number of hydrogen-bond acceptors (Lipinski definition) is 5. The third kappa shape index (κ3) is 4.59. The molecule has 136 valence electrons. The van der Waals surface area contributed by atoms with Crippen LogP contribution >= 0.6 is 11.6 Å². The summed E-state index contributed by atoms with van der Waals surface area (Å²) in [6.45, 7) is 3.09. The van der Waals surface area contributed by atoms with Gasteiger partial charge in [-0.1, -0.05) is 17.7 Å². The minimum atomic E-state index is -0.282. The fraction of sp³-hybridized carbons (Fsp3) is 0.263. The van der Waals surface area contributed by atoms with Crippen molar-refractivity contribution in [2.24, 2.45) is 0 Å². The molecule has 2 aromatic carbocycles. The summed E-state index contributed by atoms with van der Waals surface area (Å²) >= 11 is 6.00. The zero-order valence-electron chi connectivity index (χ0n) is 14.5. The van der Waals surface area contributed by atoms with Crippen molar-refractivity contribution in [3.8, 4) is 17.2 Å². The van der Waals surface area contributed by atoms with Gasteiger partial charge in [0.1, 0.15) is 18.2 Å². The van der Waals surface area contributed by atoms with Crippen LogP contribution in [0.3, 0.4) is 0 Å². The fourth-order valence-electron chi connectivity index (χ4n) is 2.36. The molecule has 0 spiro atoms. The Morgan fingerprint density at radius 1 is 1.19 bits per heavy atom. The predicted octanol–water partition coefficient (Wildman–Crippen LogP) is 4.60. The standard InChI is InChI=1S/C19H19ClFN3O2/c1-13(24(2)10-11-25-17-8-6-16(21)7-9-17)18-22-23-19(26-18)14-4-3-5-15(20)12-14/h3-9,12-13H,10-11H2,1-2H3. The third-order valence-electron chi connectivity index (χ3n) is 4.06. The molecule has 5 nitrogen and oxygen atoms in total. The van der Waals surface area contributed by atoms with Crippen LogP contribution in [0.15, 0.2) is 52.9 Å². The number of aromatic nitrogens is 2. The summed E-state index contributed by atoms with van der Waals surface area (Å²) in [5.74, 6) is 1.30. The van der Waals surface area contributed by atoms with E-state index >= 15 is 0 Å². The smallest absolute Gasteiger partial charge is 0.247 e. The Balaban J connectivity index is 1.56. The first-order chi connectivity index (χ1) is 12.5. The molecular weight excluding hydrogens is 357 g/mol. The van der Waals surface area contributed by atoms with Gasteiger partial charge in [0, 0.05) is 17.1 Å². The normalized spacial score (nSPS) is 12.3. The predicted molar refractivity (Wildman–Crippen MR) is 97.7 cm³/mol. The number of halogens is 2. The molecule has 0 saturated carbocycles. The lowest BCUT2D eigenvalue weighted by atomic mass is 10.2. The first kappa shape index (κ1) is 18.4. The molecular formula is C19H19ClFN3O2. The Hall–Kier alpha value is -2.44. The molecule has 3 aromatic rings. The minimum Gasteiger partial charge on any atom is -0.492 e. The van der Waals surface area contributed by atoms with Gasteiger partial charge in [0.15, 0.2) is 0 Å². The van der Waals surface area contributed by atoms with E-state index in [0.29, 0.717) is 35.7 Å². The van der Waals surface area contributed by atoms with Crippen molar-refractivity contribution in [1.82, 2.24) is 15.1 Å². The van der Waals surface area contributed by atoms with E-state index in [9.17, 15) is 4.39 Å². The highest BCUT2D eigenvalue weighted by Crippen LogP contribution is 2.25. The average Bonchev–Trinajstić information content (AvgIpc) is 3.13. The zero-order chi connectivity index (χ0) is 18.5. The Morgan fingerprint density at radius 3 is 2.69 bits per heavy atom. The Kier molecular flexibility index (Phi) is 5.85. The molecule has 0 aliphatic rings. The molecule has 0 bridgehead atoms. The van der Waals surface area contributed by atoms with Crippen LogP contribution < -0.4 is 4.74 Å².